The highest BCUT2D eigenvalue weighted by Gasteiger charge is 2.17. The lowest BCUT2D eigenvalue weighted by Gasteiger charge is -2.26. The number of likely N-dealkylation sites (N-methyl/N-ethyl adjacent to an activating group) is 2. The molecule has 0 fully saturated rings. The van der Waals surface area contributed by atoms with E-state index < -0.39 is 0 Å². The lowest BCUT2D eigenvalue weighted by molar-refractivity contribution is -0.111. The fraction of sp³-hybridized carbons (Fsp3) is 0.233. The van der Waals surface area contributed by atoms with Gasteiger partial charge >= 0.3 is 0 Å². The van der Waals surface area contributed by atoms with E-state index in [4.69, 9.17) is 16.1 Å². The number of aromatic nitrogens is 3. The second-order valence-electron chi connectivity index (χ2n) is 9.41. The van der Waals surface area contributed by atoms with Crippen LogP contribution in [0.15, 0.2) is 61.4 Å². The molecule has 9 nitrogen and oxygen atoms in total. The summed E-state index contributed by atoms with van der Waals surface area (Å²) in [6.07, 6.45) is 10.6. The SMILES string of the molecule is C#Cc1ccc2c(-c3ccnc(Nc4cc(NC(=O)C=C)c(N(C)CCN(C)C)cc4OC)n3)cn(C)c2c1. The smallest absolute Gasteiger partial charge is 0.247 e. The first-order valence-electron chi connectivity index (χ1n) is 12.4. The number of hydrogen-bond donors (Lipinski definition) is 2. The number of hydrogen-bond acceptors (Lipinski definition) is 7. The molecule has 0 spiro atoms. The Morgan fingerprint density at radius 2 is 1.97 bits per heavy atom. The summed E-state index contributed by atoms with van der Waals surface area (Å²) >= 11 is 0. The van der Waals surface area contributed by atoms with Gasteiger partial charge in [-0.3, -0.25) is 4.79 Å². The average molecular weight is 524 g/mol. The molecule has 200 valence electrons. The molecule has 4 rings (SSSR count). The van der Waals surface area contributed by atoms with Crippen LogP contribution in [0.4, 0.5) is 23.0 Å². The van der Waals surface area contributed by atoms with E-state index in [1.807, 2.05) is 75.4 Å². The Morgan fingerprint density at radius 1 is 1.18 bits per heavy atom. The number of fused-ring (bicyclic) bond motifs is 1. The van der Waals surface area contributed by atoms with Crippen LogP contribution in [-0.4, -0.2) is 66.7 Å². The Kier molecular flexibility index (Phi) is 8.18. The van der Waals surface area contributed by atoms with Gasteiger partial charge in [-0.25, -0.2) is 9.97 Å². The van der Waals surface area contributed by atoms with Crippen LogP contribution >= 0.6 is 0 Å². The van der Waals surface area contributed by atoms with Gasteiger partial charge in [0, 0.05) is 67.7 Å². The van der Waals surface area contributed by atoms with Crippen LogP contribution in [0.1, 0.15) is 5.56 Å². The van der Waals surface area contributed by atoms with Gasteiger partial charge in [-0.05, 0) is 44.4 Å². The van der Waals surface area contributed by atoms with Gasteiger partial charge in [-0.15, -0.1) is 6.42 Å². The number of carbonyl (C=O) groups excluding carboxylic acids is 1. The van der Waals surface area contributed by atoms with E-state index in [9.17, 15) is 4.79 Å². The number of anilines is 4. The molecule has 0 aliphatic rings. The molecule has 0 atom stereocenters. The van der Waals surface area contributed by atoms with E-state index >= 15 is 0 Å². The monoisotopic (exact) mass is 523 g/mol. The van der Waals surface area contributed by atoms with Crippen LogP contribution in [0.2, 0.25) is 0 Å². The van der Waals surface area contributed by atoms with Crippen molar-refractivity contribution >= 4 is 39.8 Å². The summed E-state index contributed by atoms with van der Waals surface area (Å²) in [7, 11) is 9.58. The quantitative estimate of drug-likeness (QED) is 0.234. The molecule has 0 aliphatic carbocycles. The number of nitrogens with zero attached hydrogens (tertiary/aromatic N) is 5. The minimum absolute atomic E-state index is 0.310. The minimum atomic E-state index is -0.310. The Bertz CT molecular complexity index is 1570. The van der Waals surface area contributed by atoms with E-state index in [1.54, 1.807) is 13.3 Å². The van der Waals surface area contributed by atoms with Gasteiger partial charge in [0.15, 0.2) is 0 Å². The van der Waals surface area contributed by atoms with Crippen molar-refractivity contribution in [3.63, 3.8) is 0 Å². The van der Waals surface area contributed by atoms with Crippen LogP contribution in [0.5, 0.6) is 5.75 Å². The fourth-order valence-electron chi connectivity index (χ4n) is 4.27. The Hall–Kier alpha value is -4.81. The molecule has 39 heavy (non-hydrogen) atoms. The molecule has 9 heteroatoms. The maximum atomic E-state index is 12.3. The molecular formula is C30H33N7O2. The zero-order valence-corrected chi connectivity index (χ0v) is 22.9. The fourth-order valence-corrected chi connectivity index (χ4v) is 4.27. The van der Waals surface area contributed by atoms with Crippen molar-refractivity contribution < 1.29 is 9.53 Å². The highest BCUT2D eigenvalue weighted by molar-refractivity contribution is 6.02. The zero-order valence-electron chi connectivity index (χ0n) is 22.9. The highest BCUT2D eigenvalue weighted by Crippen LogP contribution is 2.38. The van der Waals surface area contributed by atoms with E-state index in [1.165, 1.54) is 6.08 Å². The zero-order chi connectivity index (χ0) is 28.1. The third-order valence-electron chi connectivity index (χ3n) is 6.39. The second kappa shape index (κ2) is 11.7. The number of rotatable bonds is 10. The lowest BCUT2D eigenvalue weighted by atomic mass is 10.1. The van der Waals surface area contributed by atoms with Gasteiger partial charge in [0.05, 0.1) is 29.9 Å². The Balaban J connectivity index is 1.71. The largest absolute Gasteiger partial charge is 0.494 e. The summed E-state index contributed by atoms with van der Waals surface area (Å²) in [4.78, 5) is 25.6. The molecule has 2 aromatic heterocycles. The van der Waals surface area contributed by atoms with Crippen molar-refractivity contribution in [3.05, 3.63) is 67.0 Å². The normalized spacial score (nSPS) is 10.8. The van der Waals surface area contributed by atoms with E-state index in [0.717, 1.165) is 46.5 Å². The summed E-state index contributed by atoms with van der Waals surface area (Å²) in [6.45, 7) is 5.17. The molecule has 2 N–H and O–H groups in total. The predicted molar refractivity (Wildman–Crippen MR) is 159 cm³/mol. The predicted octanol–water partition coefficient (Wildman–Crippen LogP) is 4.49. The summed E-state index contributed by atoms with van der Waals surface area (Å²) in [5.41, 5.74) is 5.59. The maximum absolute atomic E-state index is 12.3. The van der Waals surface area contributed by atoms with Crippen LogP contribution in [0.25, 0.3) is 22.2 Å². The first-order chi connectivity index (χ1) is 18.7. The van der Waals surface area contributed by atoms with E-state index in [2.05, 4.69) is 37.9 Å². The van der Waals surface area contributed by atoms with Crippen molar-refractivity contribution in [2.45, 2.75) is 0 Å². The van der Waals surface area contributed by atoms with Crippen LogP contribution in [0.3, 0.4) is 0 Å². The molecule has 0 aliphatic heterocycles. The standard InChI is InChI=1S/C30H33N7O2/c1-8-20-10-11-21-22(19-37(6)26(21)16-20)23-12-13-31-30(33-23)34-25-17-24(32-29(38)9-2)27(18-28(25)39-7)36(5)15-14-35(3)4/h1,9-13,16-19H,2,14-15H2,3-7H3,(H,32,38)(H,31,33,34). The summed E-state index contributed by atoms with van der Waals surface area (Å²) in [5.74, 6) is 3.35. The Morgan fingerprint density at radius 3 is 2.67 bits per heavy atom. The number of ether oxygens (including phenoxy) is 1. The number of carbonyl (C=O) groups is 1. The molecule has 0 saturated carbocycles. The van der Waals surface area contributed by atoms with E-state index in [0.29, 0.717) is 23.1 Å². The lowest BCUT2D eigenvalue weighted by Crippen LogP contribution is -2.29. The van der Waals surface area contributed by atoms with Gasteiger partial charge in [0.1, 0.15) is 5.75 Å². The Labute approximate surface area is 229 Å². The van der Waals surface area contributed by atoms with Crippen molar-refractivity contribution in [2.24, 2.45) is 7.05 Å². The van der Waals surface area contributed by atoms with Crippen LogP contribution < -0.4 is 20.3 Å². The molecule has 4 aromatic rings. The molecular weight excluding hydrogens is 490 g/mol. The minimum Gasteiger partial charge on any atom is -0.494 e. The van der Waals surface area contributed by atoms with Crippen molar-refractivity contribution in [1.82, 2.24) is 19.4 Å². The van der Waals surface area contributed by atoms with Crippen molar-refractivity contribution in [3.8, 4) is 29.4 Å². The van der Waals surface area contributed by atoms with Crippen LogP contribution in [-0.2, 0) is 11.8 Å². The first kappa shape index (κ1) is 27.2. The van der Waals surface area contributed by atoms with Gasteiger partial charge in [-0.1, -0.05) is 18.6 Å². The molecule has 0 bridgehead atoms. The topological polar surface area (TPSA) is 87.6 Å². The second-order valence-corrected chi connectivity index (χ2v) is 9.41. The summed E-state index contributed by atoms with van der Waals surface area (Å²) in [6, 6.07) is 11.5. The number of benzene rings is 2. The van der Waals surface area contributed by atoms with Crippen molar-refractivity contribution in [1.29, 1.82) is 0 Å². The molecule has 0 saturated heterocycles. The highest BCUT2D eigenvalue weighted by atomic mass is 16.5. The number of nitrogens with one attached hydrogen (secondary N) is 2. The molecule has 0 radical (unpaired) electrons. The molecule has 0 unspecified atom stereocenters. The molecule has 1 amide bonds. The third-order valence-corrected chi connectivity index (χ3v) is 6.39. The van der Waals surface area contributed by atoms with E-state index in [-0.39, 0.29) is 5.91 Å². The summed E-state index contributed by atoms with van der Waals surface area (Å²) in [5, 5.41) is 7.22. The van der Waals surface area contributed by atoms with Gasteiger partial charge in [0.2, 0.25) is 11.9 Å². The number of methoxy groups -OCH3 is 1. The molecule has 2 heterocycles. The number of aryl methyl sites for hydroxylation is 1. The molecule has 2 aromatic carbocycles. The number of amides is 1. The van der Waals surface area contributed by atoms with Crippen LogP contribution in [0, 0.1) is 12.3 Å². The average Bonchev–Trinajstić information content (AvgIpc) is 3.27. The van der Waals surface area contributed by atoms with Gasteiger partial charge in [0.25, 0.3) is 0 Å². The van der Waals surface area contributed by atoms with Crippen molar-refractivity contribution in [2.75, 3.05) is 56.9 Å². The van der Waals surface area contributed by atoms with Gasteiger partial charge in [-0.2, -0.15) is 0 Å². The number of terminal acetylenes is 1. The van der Waals surface area contributed by atoms with Gasteiger partial charge < -0.3 is 29.7 Å². The summed E-state index contributed by atoms with van der Waals surface area (Å²) < 4.78 is 7.74. The first-order valence-corrected chi connectivity index (χ1v) is 12.4. The maximum Gasteiger partial charge on any atom is 0.247 e. The third kappa shape index (κ3) is 6.03.